The molecule has 3 rings (SSSR count). The molecule has 0 atom stereocenters. The third-order valence-electron chi connectivity index (χ3n) is 5.25. The van der Waals surface area contributed by atoms with E-state index in [0.717, 1.165) is 30.8 Å². The first-order valence-corrected chi connectivity index (χ1v) is 11.0. The molecule has 0 N–H and O–H groups in total. The van der Waals surface area contributed by atoms with Gasteiger partial charge in [-0.3, -0.25) is 4.90 Å². The number of hydrogen-bond donors (Lipinski definition) is 0. The number of benzene rings is 2. The van der Waals surface area contributed by atoms with Crippen LogP contribution in [0.15, 0.2) is 53.4 Å². The molecule has 146 valence electrons. The van der Waals surface area contributed by atoms with Crippen LogP contribution >= 0.6 is 0 Å². The summed E-state index contributed by atoms with van der Waals surface area (Å²) in [6.45, 7) is 11.7. The minimum absolute atomic E-state index is 0.0770. The zero-order valence-corrected chi connectivity index (χ0v) is 17.6. The van der Waals surface area contributed by atoms with E-state index >= 15 is 0 Å². The molecule has 2 aromatic carbocycles. The van der Waals surface area contributed by atoms with Crippen LogP contribution in [0.25, 0.3) is 0 Å². The maximum absolute atomic E-state index is 13.3. The molecule has 1 heterocycles. The van der Waals surface area contributed by atoms with Crippen LogP contribution in [0.2, 0.25) is 0 Å². The highest BCUT2D eigenvalue weighted by atomic mass is 32.2. The molecular formula is C22H30N2O2S. The summed E-state index contributed by atoms with van der Waals surface area (Å²) in [5, 5.41) is 0. The van der Waals surface area contributed by atoms with E-state index in [9.17, 15) is 8.42 Å². The van der Waals surface area contributed by atoms with Gasteiger partial charge < -0.3 is 0 Å². The fourth-order valence-electron chi connectivity index (χ4n) is 3.45. The molecule has 0 spiro atoms. The van der Waals surface area contributed by atoms with Crippen LogP contribution < -0.4 is 0 Å². The highest BCUT2D eigenvalue weighted by Crippen LogP contribution is 2.28. The Bertz CT molecular complexity index is 878. The van der Waals surface area contributed by atoms with Gasteiger partial charge in [0.25, 0.3) is 0 Å². The average Bonchev–Trinajstić information content (AvgIpc) is 2.62. The van der Waals surface area contributed by atoms with E-state index in [1.165, 1.54) is 5.56 Å². The molecule has 1 fully saturated rings. The topological polar surface area (TPSA) is 40.6 Å². The molecule has 0 aromatic heterocycles. The molecule has 0 aliphatic carbocycles. The number of aryl methyl sites for hydroxylation is 1. The first-order valence-electron chi connectivity index (χ1n) is 9.55. The Hall–Kier alpha value is -1.69. The zero-order chi connectivity index (χ0) is 19.7. The summed E-state index contributed by atoms with van der Waals surface area (Å²) in [5.74, 6) is 0. The van der Waals surface area contributed by atoms with Gasteiger partial charge in [0.15, 0.2) is 0 Å². The van der Waals surface area contributed by atoms with Crippen LogP contribution in [0.1, 0.15) is 37.5 Å². The predicted molar refractivity (Wildman–Crippen MR) is 110 cm³/mol. The quantitative estimate of drug-likeness (QED) is 0.802. The maximum atomic E-state index is 13.3. The Morgan fingerprint density at radius 3 is 2.15 bits per heavy atom. The van der Waals surface area contributed by atoms with Crippen molar-refractivity contribution in [3.05, 3.63) is 65.2 Å². The smallest absolute Gasteiger partial charge is 0.243 e. The molecule has 27 heavy (non-hydrogen) atoms. The Balaban J connectivity index is 1.74. The molecule has 1 saturated heterocycles. The Morgan fingerprint density at radius 1 is 0.926 bits per heavy atom. The standard InChI is InChI=1S/C22H30N2O2S/c1-18-10-11-20(22(2,3)4)16-21(18)27(25,26)24-14-12-23(13-15-24)17-19-8-6-5-7-9-19/h5-11,16H,12-15,17H2,1-4H3. The number of sulfonamides is 1. The van der Waals surface area contributed by atoms with E-state index in [1.807, 2.05) is 43.3 Å². The van der Waals surface area contributed by atoms with Crippen molar-refractivity contribution < 1.29 is 8.42 Å². The average molecular weight is 387 g/mol. The van der Waals surface area contributed by atoms with Crippen LogP contribution in [0.4, 0.5) is 0 Å². The minimum Gasteiger partial charge on any atom is -0.296 e. The summed E-state index contributed by atoms with van der Waals surface area (Å²) in [4.78, 5) is 2.77. The lowest BCUT2D eigenvalue weighted by molar-refractivity contribution is 0.181. The van der Waals surface area contributed by atoms with Gasteiger partial charge in [-0.2, -0.15) is 4.31 Å². The molecular weight excluding hydrogens is 356 g/mol. The molecule has 0 radical (unpaired) electrons. The van der Waals surface area contributed by atoms with Crippen molar-refractivity contribution in [1.29, 1.82) is 0 Å². The zero-order valence-electron chi connectivity index (χ0n) is 16.8. The Kier molecular flexibility index (Phi) is 5.75. The molecule has 0 unspecified atom stereocenters. The van der Waals surface area contributed by atoms with Crippen LogP contribution in [-0.4, -0.2) is 43.8 Å². The predicted octanol–water partition coefficient (Wildman–Crippen LogP) is 3.80. The van der Waals surface area contributed by atoms with Gasteiger partial charge in [-0.05, 0) is 35.1 Å². The second-order valence-corrected chi connectivity index (χ2v) is 10.3. The van der Waals surface area contributed by atoms with Crippen LogP contribution in [-0.2, 0) is 22.0 Å². The fourth-order valence-corrected chi connectivity index (χ4v) is 5.13. The van der Waals surface area contributed by atoms with Crippen molar-refractivity contribution in [2.75, 3.05) is 26.2 Å². The van der Waals surface area contributed by atoms with Crippen molar-refractivity contribution >= 4 is 10.0 Å². The van der Waals surface area contributed by atoms with Crippen molar-refractivity contribution in [3.63, 3.8) is 0 Å². The van der Waals surface area contributed by atoms with E-state index in [1.54, 1.807) is 4.31 Å². The highest BCUT2D eigenvalue weighted by molar-refractivity contribution is 7.89. The van der Waals surface area contributed by atoms with Gasteiger partial charge in [-0.25, -0.2) is 8.42 Å². The van der Waals surface area contributed by atoms with E-state index in [2.05, 4.69) is 37.8 Å². The monoisotopic (exact) mass is 386 g/mol. The van der Waals surface area contributed by atoms with E-state index in [-0.39, 0.29) is 5.41 Å². The van der Waals surface area contributed by atoms with E-state index in [0.29, 0.717) is 18.0 Å². The second-order valence-electron chi connectivity index (χ2n) is 8.40. The van der Waals surface area contributed by atoms with Crippen molar-refractivity contribution in [1.82, 2.24) is 9.21 Å². The Labute approximate surface area is 163 Å². The molecule has 0 saturated carbocycles. The highest BCUT2D eigenvalue weighted by Gasteiger charge is 2.30. The van der Waals surface area contributed by atoms with Crippen LogP contribution in [0.5, 0.6) is 0 Å². The van der Waals surface area contributed by atoms with Gasteiger partial charge in [-0.1, -0.05) is 63.2 Å². The fraction of sp³-hybridized carbons (Fsp3) is 0.455. The van der Waals surface area contributed by atoms with Gasteiger partial charge in [0, 0.05) is 32.7 Å². The van der Waals surface area contributed by atoms with Gasteiger partial charge in [-0.15, -0.1) is 0 Å². The number of nitrogens with zero attached hydrogens (tertiary/aromatic N) is 2. The molecule has 0 amide bonds. The number of hydrogen-bond acceptors (Lipinski definition) is 3. The summed E-state index contributed by atoms with van der Waals surface area (Å²) >= 11 is 0. The van der Waals surface area contributed by atoms with Gasteiger partial charge in [0.1, 0.15) is 0 Å². The first-order chi connectivity index (χ1) is 12.7. The SMILES string of the molecule is Cc1ccc(C(C)(C)C)cc1S(=O)(=O)N1CCN(Cc2ccccc2)CC1. The first kappa shape index (κ1) is 20.1. The molecule has 0 bridgehead atoms. The molecule has 1 aliphatic rings. The lowest BCUT2D eigenvalue weighted by atomic mass is 9.87. The number of rotatable bonds is 4. The Morgan fingerprint density at radius 2 is 1.56 bits per heavy atom. The van der Waals surface area contributed by atoms with Crippen LogP contribution in [0, 0.1) is 6.92 Å². The summed E-state index contributed by atoms with van der Waals surface area (Å²) in [6.07, 6.45) is 0. The second kappa shape index (κ2) is 7.74. The third kappa shape index (κ3) is 4.60. The summed E-state index contributed by atoms with van der Waals surface area (Å²) in [6, 6.07) is 16.2. The largest absolute Gasteiger partial charge is 0.296 e. The van der Waals surface area contributed by atoms with E-state index in [4.69, 9.17) is 0 Å². The molecule has 5 heteroatoms. The van der Waals surface area contributed by atoms with Crippen molar-refractivity contribution in [2.24, 2.45) is 0 Å². The summed E-state index contributed by atoms with van der Waals surface area (Å²) in [5.41, 5.74) is 3.05. The van der Waals surface area contributed by atoms with Crippen molar-refractivity contribution in [2.45, 2.75) is 44.6 Å². The van der Waals surface area contributed by atoms with Crippen molar-refractivity contribution in [3.8, 4) is 0 Å². The van der Waals surface area contributed by atoms with Gasteiger partial charge >= 0.3 is 0 Å². The van der Waals surface area contributed by atoms with Gasteiger partial charge in [0.05, 0.1) is 4.90 Å². The normalized spacial score (nSPS) is 17.2. The lowest BCUT2D eigenvalue weighted by Gasteiger charge is -2.34. The van der Waals surface area contributed by atoms with E-state index < -0.39 is 10.0 Å². The van der Waals surface area contributed by atoms with Gasteiger partial charge in [0.2, 0.25) is 10.0 Å². The third-order valence-corrected chi connectivity index (χ3v) is 7.29. The molecule has 4 nitrogen and oxygen atoms in total. The molecule has 2 aromatic rings. The minimum atomic E-state index is -3.47. The molecule has 1 aliphatic heterocycles. The van der Waals surface area contributed by atoms with Crippen LogP contribution in [0.3, 0.4) is 0 Å². The lowest BCUT2D eigenvalue weighted by Crippen LogP contribution is -2.48. The maximum Gasteiger partial charge on any atom is 0.243 e. The summed E-state index contributed by atoms with van der Waals surface area (Å²) in [7, 11) is -3.47. The summed E-state index contributed by atoms with van der Waals surface area (Å²) < 4.78 is 28.2. The number of piperazine rings is 1.